The van der Waals surface area contributed by atoms with E-state index in [0.29, 0.717) is 12.3 Å². The van der Waals surface area contributed by atoms with Gasteiger partial charge in [0.05, 0.1) is 17.3 Å². The fourth-order valence-corrected chi connectivity index (χ4v) is 2.14. The lowest BCUT2D eigenvalue weighted by molar-refractivity contribution is 0.301. The highest BCUT2D eigenvalue weighted by molar-refractivity contribution is 5.81. The Labute approximate surface area is 96.8 Å². The van der Waals surface area contributed by atoms with E-state index in [2.05, 4.69) is 10.1 Å². The van der Waals surface area contributed by atoms with Gasteiger partial charge in [-0.05, 0) is 18.2 Å². The summed E-state index contributed by atoms with van der Waals surface area (Å²) in [7, 11) is 0. The summed E-state index contributed by atoms with van der Waals surface area (Å²) in [4.78, 5) is 4.51. The summed E-state index contributed by atoms with van der Waals surface area (Å²) in [5.41, 5.74) is 3.57. The molecule has 0 fully saturated rings. The number of rotatable bonds is 0. The molecule has 0 unspecified atom stereocenters. The third kappa shape index (κ3) is 1.18. The molecule has 3 aromatic rings. The first-order valence-electron chi connectivity index (χ1n) is 5.38. The van der Waals surface area contributed by atoms with Crippen molar-refractivity contribution < 1.29 is 9.26 Å². The van der Waals surface area contributed by atoms with Crippen molar-refractivity contribution in [1.82, 2.24) is 10.1 Å². The summed E-state index contributed by atoms with van der Waals surface area (Å²) in [6.07, 6.45) is 1.67. The summed E-state index contributed by atoms with van der Waals surface area (Å²) < 4.78 is 10.8. The maximum atomic E-state index is 5.68. The Morgan fingerprint density at radius 3 is 3.12 bits per heavy atom. The summed E-state index contributed by atoms with van der Waals surface area (Å²) in [5.74, 6) is 0.867. The fourth-order valence-electron chi connectivity index (χ4n) is 2.14. The minimum atomic E-state index is 0.542. The number of ether oxygens (including phenoxy) is 1. The topological polar surface area (TPSA) is 48.2 Å². The predicted octanol–water partition coefficient (Wildman–Crippen LogP) is 2.78. The third-order valence-electron chi connectivity index (χ3n) is 2.95. The van der Waals surface area contributed by atoms with Crippen LogP contribution >= 0.6 is 0 Å². The molecule has 0 radical (unpaired) electrons. The van der Waals surface area contributed by atoms with Crippen LogP contribution in [-0.4, -0.2) is 10.1 Å². The van der Waals surface area contributed by atoms with Crippen LogP contribution in [0.4, 0.5) is 0 Å². The summed E-state index contributed by atoms with van der Waals surface area (Å²) >= 11 is 0. The number of hydrogen-bond donors (Lipinski definition) is 0. The Balaban J connectivity index is 2.07. The van der Waals surface area contributed by atoms with Gasteiger partial charge in [0.25, 0.3) is 5.71 Å². The van der Waals surface area contributed by atoms with Gasteiger partial charge in [-0.25, -0.2) is 4.98 Å². The SMILES string of the molecule is c1ccc2c(c1)OCc1cc3cnoc3nc1-2. The zero-order valence-electron chi connectivity index (χ0n) is 8.88. The van der Waals surface area contributed by atoms with Crippen LogP contribution in [0.3, 0.4) is 0 Å². The molecule has 0 spiro atoms. The molecule has 0 atom stereocenters. The van der Waals surface area contributed by atoms with Gasteiger partial charge in [-0.3, -0.25) is 0 Å². The van der Waals surface area contributed by atoms with E-state index in [1.807, 2.05) is 30.3 Å². The van der Waals surface area contributed by atoms with E-state index in [0.717, 1.165) is 28.0 Å². The maximum absolute atomic E-state index is 5.68. The van der Waals surface area contributed by atoms with Gasteiger partial charge in [-0.15, -0.1) is 0 Å². The highest BCUT2D eigenvalue weighted by atomic mass is 16.5. The Hall–Kier alpha value is -2.36. The van der Waals surface area contributed by atoms with Crippen molar-refractivity contribution >= 4 is 11.1 Å². The summed E-state index contributed by atoms with van der Waals surface area (Å²) in [6.45, 7) is 0.542. The Morgan fingerprint density at radius 1 is 1.18 bits per heavy atom. The molecule has 1 aliphatic rings. The lowest BCUT2D eigenvalue weighted by atomic mass is 10.0. The summed E-state index contributed by atoms with van der Waals surface area (Å²) in [6, 6.07) is 9.90. The number of fused-ring (bicyclic) bond motifs is 4. The second kappa shape index (κ2) is 3.07. The lowest BCUT2D eigenvalue weighted by Gasteiger charge is -2.19. The molecule has 0 saturated carbocycles. The molecule has 4 rings (SSSR count). The molecule has 4 nitrogen and oxygen atoms in total. The van der Waals surface area contributed by atoms with Crippen molar-refractivity contribution in [1.29, 1.82) is 0 Å². The van der Waals surface area contributed by atoms with E-state index in [-0.39, 0.29) is 0 Å². The van der Waals surface area contributed by atoms with Gasteiger partial charge < -0.3 is 9.26 Å². The highest BCUT2D eigenvalue weighted by Gasteiger charge is 2.19. The molecule has 17 heavy (non-hydrogen) atoms. The molecule has 4 heteroatoms. The van der Waals surface area contributed by atoms with Crippen molar-refractivity contribution in [2.75, 3.05) is 0 Å². The van der Waals surface area contributed by atoms with Gasteiger partial charge in [-0.1, -0.05) is 17.3 Å². The van der Waals surface area contributed by atoms with Crippen LogP contribution in [0.1, 0.15) is 5.56 Å². The maximum Gasteiger partial charge on any atom is 0.258 e. The van der Waals surface area contributed by atoms with Crippen LogP contribution < -0.4 is 4.74 Å². The van der Waals surface area contributed by atoms with Crippen LogP contribution in [-0.2, 0) is 6.61 Å². The summed E-state index contributed by atoms with van der Waals surface area (Å²) in [5, 5.41) is 4.66. The second-order valence-corrected chi connectivity index (χ2v) is 4.00. The number of benzene rings is 1. The number of pyridine rings is 1. The largest absolute Gasteiger partial charge is 0.488 e. The first-order valence-corrected chi connectivity index (χ1v) is 5.38. The second-order valence-electron chi connectivity index (χ2n) is 4.00. The van der Waals surface area contributed by atoms with Crippen LogP contribution in [0.5, 0.6) is 5.75 Å². The van der Waals surface area contributed by atoms with Crippen molar-refractivity contribution in [3.05, 3.63) is 42.1 Å². The van der Waals surface area contributed by atoms with Gasteiger partial charge in [-0.2, -0.15) is 0 Å². The normalized spacial score (nSPS) is 12.9. The number of nitrogens with zero attached hydrogens (tertiary/aromatic N) is 2. The van der Waals surface area contributed by atoms with E-state index >= 15 is 0 Å². The van der Waals surface area contributed by atoms with Gasteiger partial charge in [0, 0.05) is 11.1 Å². The number of aromatic nitrogens is 2. The van der Waals surface area contributed by atoms with Gasteiger partial charge in [0.15, 0.2) is 0 Å². The standard InChI is InChI=1S/C13H8N2O2/c1-2-4-11-10(3-1)12-9(7-16-11)5-8-6-14-17-13(8)15-12/h1-6H,7H2. The van der Waals surface area contributed by atoms with Gasteiger partial charge in [0.2, 0.25) is 0 Å². The van der Waals surface area contributed by atoms with E-state index < -0.39 is 0 Å². The first-order chi connectivity index (χ1) is 8.42. The minimum absolute atomic E-state index is 0.542. The molecule has 1 aliphatic heterocycles. The van der Waals surface area contributed by atoms with Crippen LogP contribution in [0.2, 0.25) is 0 Å². The molecule has 82 valence electrons. The number of para-hydroxylation sites is 1. The molecular weight excluding hydrogens is 216 g/mol. The average molecular weight is 224 g/mol. The minimum Gasteiger partial charge on any atom is -0.488 e. The van der Waals surface area contributed by atoms with E-state index in [1.54, 1.807) is 6.20 Å². The van der Waals surface area contributed by atoms with Crippen LogP contribution in [0.15, 0.2) is 41.1 Å². The Kier molecular flexibility index (Phi) is 1.58. The van der Waals surface area contributed by atoms with Gasteiger partial charge >= 0.3 is 0 Å². The molecule has 0 bridgehead atoms. The van der Waals surface area contributed by atoms with Crippen molar-refractivity contribution in [3.8, 4) is 17.0 Å². The van der Waals surface area contributed by atoms with Crippen molar-refractivity contribution in [2.24, 2.45) is 0 Å². The lowest BCUT2D eigenvalue weighted by Crippen LogP contribution is -2.06. The predicted molar refractivity (Wildman–Crippen MR) is 61.6 cm³/mol. The van der Waals surface area contributed by atoms with Gasteiger partial charge in [0.1, 0.15) is 12.4 Å². The van der Waals surface area contributed by atoms with E-state index in [1.165, 1.54) is 0 Å². The fraction of sp³-hybridized carbons (Fsp3) is 0.0769. The smallest absolute Gasteiger partial charge is 0.258 e. The van der Waals surface area contributed by atoms with Crippen LogP contribution in [0.25, 0.3) is 22.4 Å². The van der Waals surface area contributed by atoms with E-state index in [4.69, 9.17) is 9.26 Å². The molecule has 0 aliphatic carbocycles. The first kappa shape index (κ1) is 8.75. The average Bonchev–Trinajstić information content (AvgIpc) is 2.83. The third-order valence-corrected chi connectivity index (χ3v) is 2.95. The Bertz CT molecular complexity index is 718. The molecule has 0 N–H and O–H groups in total. The van der Waals surface area contributed by atoms with E-state index in [9.17, 15) is 0 Å². The number of hydrogen-bond acceptors (Lipinski definition) is 4. The molecule has 3 heterocycles. The quantitative estimate of drug-likeness (QED) is 0.589. The highest BCUT2D eigenvalue weighted by Crippen LogP contribution is 2.36. The molecule has 0 amide bonds. The molecule has 1 aromatic carbocycles. The molecule has 2 aromatic heterocycles. The monoisotopic (exact) mass is 224 g/mol. The Morgan fingerprint density at radius 2 is 2.12 bits per heavy atom. The molecular formula is C13H8N2O2. The van der Waals surface area contributed by atoms with Crippen LogP contribution in [0, 0.1) is 0 Å². The van der Waals surface area contributed by atoms with Crippen molar-refractivity contribution in [2.45, 2.75) is 6.61 Å². The zero-order valence-corrected chi connectivity index (χ0v) is 8.88. The zero-order chi connectivity index (χ0) is 11.2. The molecule has 0 saturated heterocycles. The van der Waals surface area contributed by atoms with Crippen molar-refractivity contribution in [3.63, 3.8) is 0 Å².